The van der Waals surface area contributed by atoms with Crippen LogP contribution < -0.4 is 0 Å². The lowest BCUT2D eigenvalue weighted by Crippen LogP contribution is -2.47. The maximum absolute atomic E-state index is 12.2. The van der Waals surface area contributed by atoms with Gasteiger partial charge in [-0.1, -0.05) is 0 Å². The van der Waals surface area contributed by atoms with Gasteiger partial charge in [0.1, 0.15) is 4.21 Å². The van der Waals surface area contributed by atoms with E-state index in [4.69, 9.17) is 0 Å². The zero-order valence-electron chi connectivity index (χ0n) is 9.89. The van der Waals surface area contributed by atoms with Crippen LogP contribution in [0.25, 0.3) is 0 Å². The van der Waals surface area contributed by atoms with Crippen LogP contribution in [0.2, 0.25) is 0 Å². The van der Waals surface area contributed by atoms with Gasteiger partial charge in [-0.25, -0.2) is 8.42 Å². The maximum atomic E-state index is 12.2. The third-order valence-corrected chi connectivity index (χ3v) is 6.11. The fourth-order valence-corrected chi connectivity index (χ4v) is 4.07. The number of sulfonamides is 1. The van der Waals surface area contributed by atoms with Crippen molar-refractivity contribution >= 4 is 21.4 Å². The predicted octanol–water partition coefficient (Wildman–Crippen LogP) is 1.45. The number of rotatable bonds is 4. The Hall–Kier alpha value is -0.430. The zero-order chi connectivity index (χ0) is 12.6. The highest BCUT2D eigenvalue weighted by atomic mass is 32.2. The second-order valence-corrected chi connectivity index (χ2v) is 7.79. The molecule has 0 saturated heterocycles. The molecule has 0 aliphatic heterocycles. The quantitative estimate of drug-likeness (QED) is 0.894. The minimum Gasteiger partial charge on any atom is -0.394 e. The van der Waals surface area contributed by atoms with Crippen LogP contribution in [-0.2, 0) is 10.0 Å². The third kappa shape index (κ3) is 2.45. The molecule has 1 heterocycles. The molecule has 1 rings (SSSR count). The monoisotopic (exact) mass is 263 g/mol. The van der Waals surface area contributed by atoms with Gasteiger partial charge < -0.3 is 5.11 Å². The van der Waals surface area contributed by atoms with E-state index in [2.05, 4.69) is 0 Å². The zero-order valence-corrected chi connectivity index (χ0v) is 11.5. The van der Waals surface area contributed by atoms with Gasteiger partial charge in [0, 0.05) is 11.9 Å². The first-order valence-corrected chi connectivity index (χ1v) is 7.14. The first-order chi connectivity index (χ1) is 7.21. The molecular weight excluding hydrogens is 246 g/mol. The van der Waals surface area contributed by atoms with Gasteiger partial charge in [0.05, 0.1) is 12.1 Å². The van der Waals surface area contributed by atoms with Crippen molar-refractivity contribution in [2.45, 2.75) is 30.5 Å². The summed E-state index contributed by atoms with van der Waals surface area (Å²) in [5, 5.41) is 9.18. The Morgan fingerprint density at radius 3 is 2.38 bits per heavy atom. The van der Waals surface area contributed by atoms with E-state index in [9.17, 15) is 13.5 Å². The molecule has 0 fully saturated rings. The highest BCUT2D eigenvalue weighted by Gasteiger charge is 2.34. The smallest absolute Gasteiger partial charge is 0.252 e. The summed E-state index contributed by atoms with van der Waals surface area (Å²) < 4.78 is 25.9. The summed E-state index contributed by atoms with van der Waals surface area (Å²) in [5.41, 5.74) is -0.795. The van der Waals surface area contributed by atoms with E-state index in [0.29, 0.717) is 4.21 Å². The van der Waals surface area contributed by atoms with Crippen molar-refractivity contribution in [2.75, 3.05) is 13.7 Å². The molecule has 0 unspecified atom stereocenters. The first kappa shape index (κ1) is 13.6. The van der Waals surface area contributed by atoms with Gasteiger partial charge in [0.2, 0.25) is 0 Å². The normalized spacial score (nSPS) is 13.4. The third-order valence-electron chi connectivity index (χ3n) is 2.57. The van der Waals surface area contributed by atoms with E-state index in [1.807, 2.05) is 6.92 Å². The molecule has 0 amide bonds. The van der Waals surface area contributed by atoms with Crippen LogP contribution in [0.4, 0.5) is 0 Å². The molecule has 1 N–H and O–H groups in total. The van der Waals surface area contributed by atoms with Crippen molar-refractivity contribution in [3.63, 3.8) is 0 Å². The molecule has 0 bridgehead atoms. The van der Waals surface area contributed by atoms with Crippen molar-refractivity contribution in [1.29, 1.82) is 0 Å². The SMILES string of the molecule is Cc1ccc(S(=O)(=O)N(C)C(C)(C)CO)s1. The second kappa shape index (κ2) is 4.44. The molecule has 4 nitrogen and oxygen atoms in total. The van der Waals surface area contributed by atoms with Crippen LogP contribution in [0.3, 0.4) is 0 Å². The molecule has 0 radical (unpaired) electrons. The van der Waals surface area contributed by atoms with E-state index in [-0.39, 0.29) is 6.61 Å². The number of aryl methyl sites for hydroxylation is 1. The molecule has 1 aromatic heterocycles. The van der Waals surface area contributed by atoms with Crippen molar-refractivity contribution in [3.8, 4) is 0 Å². The van der Waals surface area contributed by atoms with Gasteiger partial charge in [0.25, 0.3) is 10.0 Å². The van der Waals surface area contributed by atoms with Gasteiger partial charge >= 0.3 is 0 Å². The topological polar surface area (TPSA) is 57.6 Å². The van der Waals surface area contributed by atoms with E-state index in [1.165, 1.54) is 22.7 Å². The van der Waals surface area contributed by atoms with E-state index in [1.54, 1.807) is 26.0 Å². The minimum atomic E-state index is -3.50. The Bertz CT molecular complexity index is 462. The molecular formula is C10H17NO3S2. The van der Waals surface area contributed by atoms with Gasteiger partial charge in [-0.3, -0.25) is 0 Å². The lowest BCUT2D eigenvalue weighted by molar-refractivity contribution is 0.138. The summed E-state index contributed by atoms with van der Waals surface area (Å²) in [4.78, 5) is 0.953. The standard InChI is InChI=1S/C10H17NO3S2/c1-8-5-6-9(15-8)16(13,14)11(4)10(2,3)7-12/h5-6,12H,7H2,1-4H3. The Morgan fingerprint density at radius 2 is 2.00 bits per heavy atom. The van der Waals surface area contributed by atoms with E-state index in [0.717, 1.165) is 4.88 Å². The van der Waals surface area contributed by atoms with Gasteiger partial charge in [-0.15, -0.1) is 11.3 Å². The van der Waals surface area contributed by atoms with Crippen molar-refractivity contribution in [1.82, 2.24) is 4.31 Å². The molecule has 6 heteroatoms. The highest BCUT2D eigenvalue weighted by Crippen LogP contribution is 2.27. The van der Waals surface area contributed by atoms with Crippen LogP contribution in [0.5, 0.6) is 0 Å². The molecule has 92 valence electrons. The summed E-state index contributed by atoms with van der Waals surface area (Å²) in [6, 6.07) is 3.37. The molecule has 0 aromatic carbocycles. The second-order valence-electron chi connectivity index (χ2n) is 4.31. The fraction of sp³-hybridized carbons (Fsp3) is 0.600. The highest BCUT2D eigenvalue weighted by molar-refractivity contribution is 7.91. The molecule has 0 spiro atoms. The number of aliphatic hydroxyl groups is 1. The number of hydrogen-bond acceptors (Lipinski definition) is 4. The van der Waals surface area contributed by atoms with Crippen LogP contribution >= 0.6 is 11.3 Å². The summed E-state index contributed by atoms with van der Waals surface area (Å²) in [5.74, 6) is 0. The number of likely N-dealkylation sites (N-methyl/N-ethyl adjacent to an activating group) is 1. The van der Waals surface area contributed by atoms with Crippen LogP contribution in [0, 0.1) is 6.92 Å². The Morgan fingerprint density at radius 1 is 1.44 bits per heavy atom. The van der Waals surface area contributed by atoms with Crippen molar-refractivity contribution < 1.29 is 13.5 Å². The van der Waals surface area contributed by atoms with Crippen LogP contribution in [0.1, 0.15) is 18.7 Å². The van der Waals surface area contributed by atoms with E-state index < -0.39 is 15.6 Å². The molecule has 0 aliphatic rings. The number of nitrogens with zero attached hydrogens (tertiary/aromatic N) is 1. The van der Waals surface area contributed by atoms with E-state index >= 15 is 0 Å². The number of aliphatic hydroxyl groups excluding tert-OH is 1. The average Bonchev–Trinajstić information content (AvgIpc) is 2.64. The Kier molecular flexibility index (Phi) is 3.79. The molecule has 0 atom stereocenters. The summed E-state index contributed by atoms with van der Waals surface area (Å²) in [6.45, 7) is 5.02. The molecule has 0 saturated carbocycles. The maximum Gasteiger partial charge on any atom is 0.252 e. The van der Waals surface area contributed by atoms with Crippen molar-refractivity contribution in [2.24, 2.45) is 0 Å². The van der Waals surface area contributed by atoms with Gasteiger partial charge in [0.15, 0.2) is 0 Å². The lowest BCUT2D eigenvalue weighted by atomic mass is 10.1. The van der Waals surface area contributed by atoms with Crippen LogP contribution in [-0.4, -0.2) is 37.0 Å². The Labute approximate surface area is 101 Å². The number of hydrogen-bond donors (Lipinski definition) is 1. The molecule has 1 aromatic rings. The molecule has 0 aliphatic carbocycles. The molecule has 16 heavy (non-hydrogen) atoms. The van der Waals surface area contributed by atoms with Crippen LogP contribution in [0.15, 0.2) is 16.3 Å². The summed E-state index contributed by atoms with van der Waals surface area (Å²) in [6.07, 6.45) is 0. The largest absolute Gasteiger partial charge is 0.394 e. The lowest BCUT2D eigenvalue weighted by Gasteiger charge is -2.32. The first-order valence-electron chi connectivity index (χ1n) is 4.88. The Balaban J connectivity index is 3.13. The summed E-state index contributed by atoms with van der Waals surface area (Å²) in [7, 11) is -2.01. The number of thiophene rings is 1. The minimum absolute atomic E-state index is 0.215. The van der Waals surface area contributed by atoms with Gasteiger partial charge in [-0.05, 0) is 32.9 Å². The summed E-state index contributed by atoms with van der Waals surface area (Å²) >= 11 is 1.24. The predicted molar refractivity (Wildman–Crippen MR) is 65.2 cm³/mol. The van der Waals surface area contributed by atoms with Gasteiger partial charge in [-0.2, -0.15) is 4.31 Å². The average molecular weight is 263 g/mol. The van der Waals surface area contributed by atoms with Crippen molar-refractivity contribution in [3.05, 3.63) is 17.0 Å². The fourth-order valence-electron chi connectivity index (χ4n) is 1.11.